The van der Waals surface area contributed by atoms with Crippen molar-refractivity contribution in [2.24, 2.45) is 0 Å². The van der Waals surface area contributed by atoms with E-state index in [0.717, 1.165) is 11.3 Å². The molecule has 0 saturated carbocycles. The highest BCUT2D eigenvalue weighted by Crippen LogP contribution is 2.28. The average Bonchev–Trinajstić information content (AvgIpc) is 2.58. The number of methoxy groups -OCH3 is 1. The third-order valence-electron chi connectivity index (χ3n) is 3.21. The summed E-state index contributed by atoms with van der Waals surface area (Å²) in [6, 6.07) is 15.0. The largest absolute Gasteiger partial charge is 0.493 e. The second kappa shape index (κ2) is 8.68. The molecule has 5 nitrogen and oxygen atoms in total. The predicted molar refractivity (Wildman–Crippen MR) is 86.4 cm³/mol. The molecule has 122 valence electrons. The van der Waals surface area contributed by atoms with Crippen LogP contribution in [-0.4, -0.2) is 31.4 Å². The van der Waals surface area contributed by atoms with Gasteiger partial charge in [0.2, 0.25) is 0 Å². The lowest BCUT2D eigenvalue weighted by molar-refractivity contribution is -0.136. The lowest BCUT2D eigenvalue weighted by atomic mass is 10.1. The van der Waals surface area contributed by atoms with Crippen LogP contribution in [0, 0.1) is 0 Å². The Morgan fingerprint density at radius 2 is 1.74 bits per heavy atom. The fourth-order valence-electron chi connectivity index (χ4n) is 2.07. The lowest BCUT2D eigenvalue weighted by Crippen LogP contribution is -2.09. The van der Waals surface area contributed by atoms with E-state index in [1.807, 2.05) is 36.4 Å². The standard InChI is InChI=1S/C18H20O5/c1-21-17-13-14(8-10-18(19)20)7-9-16(17)23-12-11-22-15-5-3-2-4-6-15/h2-7,9,13H,8,10-12H2,1H3,(H,19,20). The summed E-state index contributed by atoms with van der Waals surface area (Å²) in [5.41, 5.74) is 0.900. The first-order valence-electron chi connectivity index (χ1n) is 7.38. The molecular formula is C18H20O5. The van der Waals surface area contributed by atoms with Gasteiger partial charge >= 0.3 is 5.97 Å². The molecule has 5 heteroatoms. The zero-order valence-electron chi connectivity index (χ0n) is 13.0. The summed E-state index contributed by atoms with van der Waals surface area (Å²) in [7, 11) is 1.56. The van der Waals surface area contributed by atoms with Crippen LogP contribution in [-0.2, 0) is 11.2 Å². The molecule has 0 heterocycles. The Balaban J connectivity index is 1.85. The van der Waals surface area contributed by atoms with E-state index in [1.165, 1.54) is 0 Å². The molecule has 1 N–H and O–H groups in total. The van der Waals surface area contributed by atoms with Crippen LogP contribution in [0.2, 0.25) is 0 Å². The summed E-state index contributed by atoms with van der Waals surface area (Å²) in [5, 5.41) is 8.72. The van der Waals surface area contributed by atoms with Crippen LogP contribution in [0.4, 0.5) is 0 Å². The number of hydrogen-bond acceptors (Lipinski definition) is 4. The van der Waals surface area contributed by atoms with Crippen LogP contribution in [0.1, 0.15) is 12.0 Å². The molecule has 0 bridgehead atoms. The minimum Gasteiger partial charge on any atom is -0.493 e. The van der Waals surface area contributed by atoms with E-state index in [9.17, 15) is 4.79 Å². The molecule has 0 radical (unpaired) electrons. The maximum Gasteiger partial charge on any atom is 0.303 e. The summed E-state index contributed by atoms with van der Waals surface area (Å²) in [5.74, 6) is 1.19. The van der Waals surface area contributed by atoms with Gasteiger partial charge in [-0.3, -0.25) is 4.79 Å². The molecule has 0 aliphatic carbocycles. The zero-order valence-corrected chi connectivity index (χ0v) is 13.0. The van der Waals surface area contributed by atoms with Crippen molar-refractivity contribution >= 4 is 5.97 Å². The summed E-state index contributed by atoms with van der Waals surface area (Å²) in [6.07, 6.45) is 0.553. The maximum atomic E-state index is 10.6. The third kappa shape index (κ3) is 5.54. The number of rotatable bonds is 9. The molecule has 0 saturated heterocycles. The SMILES string of the molecule is COc1cc(CCC(=O)O)ccc1OCCOc1ccccc1. The second-order valence-electron chi connectivity index (χ2n) is 4.89. The summed E-state index contributed by atoms with van der Waals surface area (Å²) < 4.78 is 16.5. The van der Waals surface area contributed by atoms with Crippen molar-refractivity contribution in [1.82, 2.24) is 0 Å². The number of ether oxygens (including phenoxy) is 3. The van der Waals surface area contributed by atoms with E-state index in [-0.39, 0.29) is 6.42 Å². The van der Waals surface area contributed by atoms with Crippen LogP contribution >= 0.6 is 0 Å². The van der Waals surface area contributed by atoms with E-state index in [1.54, 1.807) is 19.2 Å². The normalized spacial score (nSPS) is 10.1. The van der Waals surface area contributed by atoms with Crippen molar-refractivity contribution in [1.29, 1.82) is 0 Å². The molecule has 0 aromatic heterocycles. The van der Waals surface area contributed by atoms with Gasteiger partial charge in [0, 0.05) is 6.42 Å². The van der Waals surface area contributed by atoms with Gasteiger partial charge in [0.15, 0.2) is 11.5 Å². The third-order valence-corrected chi connectivity index (χ3v) is 3.21. The highest BCUT2D eigenvalue weighted by atomic mass is 16.5. The molecule has 0 unspecified atom stereocenters. The van der Waals surface area contributed by atoms with E-state index in [2.05, 4.69) is 0 Å². The first kappa shape index (κ1) is 16.7. The zero-order chi connectivity index (χ0) is 16.5. The topological polar surface area (TPSA) is 65.0 Å². The van der Waals surface area contributed by atoms with Crippen molar-refractivity contribution < 1.29 is 24.1 Å². The molecule has 0 atom stereocenters. The predicted octanol–water partition coefficient (Wildman–Crippen LogP) is 3.17. The number of aryl methyl sites for hydroxylation is 1. The second-order valence-corrected chi connectivity index (χ2v) is 4.89. The van der Waals surface area contributed by atoms with Gasteiger partial charge in [-0.05, 0) is 36.2 Å². The van der Waals surface area contributed by atoms with E-state index in [4.69, 9.17) is 19.3 Å². The number of hydrogen-bond donors (Lipinski definition) is 1. The van der Waals surface area contributed by atoms with Gasteiger partial charge in [-0.25, -0.2) is 0 Å². The molecule has 2 rings (SSSR count). The van der Waals surface area contributed by atoms with Gasteiger partial charge in [-0.15, -0.1) is 0 Å². The van der Waals surface area contributed by atoms with Gasteiger partial charge < -0.3 is 19.3 Å². The number of carboxylic acid groups (broad SMARTS) is 1. The Hall–Kier alpha value is -2.69. The number of carboxylic acids is 1. The van der Waals surface area contributed by atoms with Gasteiger partial charge in [0.1, 0.15) is 19.0 Å². The van der Waals surface area contributed by atoms with Crippen LogP contribution in [0.5, 0.6) is 17.2 Å². The van der Waals surface area contributed by atoms with Crippen molar-refractivity contribution in [3.63, 3.8) is 0 Å². The van der Waals surface area contributed by atoms with Crippen molar-refractivity contribution in [3.8, 4) is 17.2 Å². The number of para-hydroxylation sites is 1. The summed E-state index contributed by atoms with van der Waals surface area (Å²) in [4.78, 5) is 10.6. The number of aliphatic carboxylic acids is 1. The Morgan fingerprint density at radius 3 is 2.43 bits per heavy atom. The average molecular weight is 316 g/mol. The van der Waals surface area contributed by atoms with Gasteiger partial charge in [-0.2, -0.15) is 0 Å². The Bertz CT molecular complexity index is 625. The molecule has 2 aromatic carbocycles. The fraction of sp³-hybridized carbons (Fsp3) is 0.278. The van der Waals surface area contributed by atoms with Gasteiger partial charge in [-0.1, -0.05) is 24.3 Å². The number of carbonyl (C=O) groups is 1. The highest BCUT2D eigenvalue weighted by Gasteiger charge is 2.07. The minimum absolute atomic E-state index is 0.0915. The highest BCUT2D eigenvalue weighted by molar-refractivity contribution is 5.67. The quantitative estimate of drug-likeness (QED) is 0.720. The molecule has 2 aromatic rings. The van der Waals surface area contributed by atoms with Crippen LogP contribution < -0.4 is 14.2 Å². The smallest absolute Gasteiger partial charge is 0.303 e. The van der Waals surface area contributed by atoms with E-state index < -0.39 is 5.97 Å². The number of benzene rings is 2. The molecule has 0 aliphatic rings. The Kier molecular flexibility index (Phi) is 6.29. The molecule has 23 heavy (non-hydrogen) atoms. The first-order valence-corrected chi connectivity index (χ1v) is 7.38. The molecule has 0 spiro atoms. The Morgan fingerprint density at radius 1 is 1.00 bits per heavy atom. The van der Waals surface area contributed by atoms with Gasteiger partial charge in [0.25, 0.3) is 0 Å². The van der Waals surface area contributed by atoms with Crippen molar-refractivity contribution in [2.75, 3.05) is 20.3 Å². The molecular weight excluding hydrogens is 296 g/mol. The van der Waals surface area contributed by atoms with Crippen LogP contribution in [0.3, 0.4) is 0 Å². The summed E-state index contributed by atoms with van der Waals surface area (Å²) >= 11 is 0. The fourth-order valence-corrected chi connectivity index (χ4v) is 2.07. The monoisotopic (exact) mass is 316 g/mol. The molecule has 0 amide bonds. The minimum atomic E-state index is -0.817. The summed E-state index contributed by atoms with van der Waals surface area (Å²) in [6.45, 7) is 0.813. The molecule has 0 fully saturated rings. The van der Waals surface area contributed by atoms with E-state index in [0.29, 0.717) is 31.1 Å². The maximum absolute atomic E-state index is 10.6. The van der Waals surface area contributed by atoms with Gasteiger partial charge in [0.05, 0.1) is 7.11 Å². The van der Waals surface area contributed by atoms with Crippen LogP contribution in [0.15, 0.2) is 48.5 Å². The Labute approximate surface area is 135 Å². The first-order chi connectivity index (χ1) is 11.2. The van der Waals surface area contributed by atoms with Crippen LogP contribution in [0.25, 0.3) is 0 Å². The lowest BCUT2D eigenvalue weighted by Gasteiger charge is -2.12. The van der Waals surface area contributed by atoms with Crippen molar-refractivity contribution in [2.45, 2.75) is 12.8 Å². The van der Waals surface area contributed by atoms with E-state index >= 15 is 0 Å². The van der Waals surface area contributed by atoms with Crippen molar-refractivity contribution in [3.05, 3.63) is 54.1 Å². The molecule has 0 aliphatic heterocycles.